The molecule has 0 spiro atoms. The molecule has 9 heteroatoms. The van der Waals surface area contributed by atoms with E-state index in [1.54, 1.807) is 0 Å². The van der Waals surface area contributed by atoms with Crippen molar-refractivity contribution in [2.24, 2.45) is 0 Å². The lowest BCUT2D eigenvalue weighted by atomic mass is 10.1. The van der Waals surface area contributed by atoms with Crippen molar-refractivity contribution >= 4 is 10.7 Å². The van der Waals surface area contributed by atoms with Gasteiger partial charge in [0.15, 0.2) is 10.7 Å². The van der Waals surface area contributed by atoms with Crippen molar-refractivity contribution < 1.29 is 34.8 Å². The third-order valence-electron chi connectivity index (χ3n) is 1.83. The molecule has 0 saturated heterocycles. The van der Waals surface area contributed by atoms with Crippen LogP contribution in [-0.4, -0.2) is 8.42 Å². The standard InChI is InChI=1S/C8H4F6O2S/c9-7(10,11)4-1-2-5(8(12,13)14)6(3-4)17(15)16/h1-3,17H. The normalized spacial score (nSPS) is 13.1. The number of hydrogen-bond donors (Lipinski definition) is 1. The Hall–Kier alpha value is -1.25. The summed E-state index contributed by atoms with van der Waals surface area (Å²) in [5.41, 5.74) is -3.05. The molecule has 0 N–H and O–H groups in total. The zero-order valence-corrected chi connectivity index (χ0v) is 8.66. The number of thiol groups is 1. The molecule has 96 valence electrons. The highest BCUT2D eigenvalue weighted by Crippen LogP contribution is 2.36. The van der Waals surface area contributed by atoms with Gasteiger partial charge in [-0.1, -0.05) is 0 Å². The molecular formula is C8H4F6O2S. The minimum atomic E-state index is -5.02. The summed E-state index contributed by atoms with van der Waals surface area (Å²) >= 11 is 0. The van der Waals surface area contributed by atoms with Crippen molar-refractivity contribution in [3.8, 4) is 0 Å². The van der Waals surface area contributed by atoms with E-state index in [2.05, 4.69) is 0 Å². The van der Waals surface area contributed by atoms with E-state index in [1.807, 2.05) is 0 Å². The van der Waals surface area contributed by atoms with Crippen LogP contribution in [-0.2, 0) is 23.1 Å². The predicted molar refractivity (Wildman–Crippen MR) is 45.0 cm³/mol. The van der Waals surface area contributed by atoms with Crippen molar-refractivity contribution in [3.63, 3.8) is 0 Å². The fourth-order valence-electron chi connectivity index (χ4n) is 1.10. The summed E-state index contributed by atoms with van der Waals surface area (Å²) in [6, 6.07) is 0.253. The van der Waals surface area contributed by atoms with Crippen LogP contribution >= 0.6 is 0 Å². The van der Waals surface area contributed by atoms with Gasteiger partial charge in [-0.3, -0.25) is 0 Å². The molecule has 1 aromatic carbocycles. The van der Waals surface area contributed by atoms with Gasteiger partial charge in [0.25, 0.3) is 0 Å². The highest BCUT2D eigenvalue weighted by Gasteiger charge is 2.37. The maximum atomic E-state index is 12.3. The molecule has 0 saturated carbocycles. The second kappa shape index (κ2) is 4.21. The van der Waals surface area contributed by atoms with Gasteiger partial charge < -0.3 is 0 Å². The first-order valence-electron chi connectivity index (χ1n) is 3.96. The summed E-state index contributed by atoms with van der Waals surface area (Å²) in [4.78, 5) is -1.39. The fraction of sp³-hybridized carbons (Fsp3) is 0.250. The van der Waals surface area contributed by atoms with E-state index in [0.717, 1.165) is 0 Å². The van der Waals surface area contributed by atoms with Gasteiger partial charge in [-0.05, 0) is 18.2 Å². The highest BCUT2D eigenvalue weighted by atomic mass is 32.2. The minimum absolute atomic E-state index is 0.0332. The molecule has 0 radical (unpaired) electrons. The molecule has 0 atom stereocenters. The summed E-state index contributed by atoms with van der Waals surface area (Å²) in [6.45, 7) is 0. The largest absolute Gasteiger partial charge is 0.417 e. The van der Waals surface area contributed by atoms with Crippen molar-refractivity contribution in [3.05, 3.63) is 29.3 Å². The average Bonchev–Trinajstić information content (AvgIpc) is 2.14. The molecule has 0 aliphatic rings. The van der Waals surface area contributed by atoms with Crippen molar-refractivity contribution in [1.82, 2.24) is 0 Å². The second-order valence-corrected chi connectivity index (χ2v) is 3.98. The van der Waals surface area contributed by atoms with Gasteiger partial charge in [0, 0.05) is 0 Å². The van der Waals surface area contributed by atoms with Gasteiger partial charge >= 0.3 is 12.4 Å². The van der Waals surface area contributed by atoms with Crippen LogP contribution in [0.2, 0.25) is 0 Å². The molecule has 0 heterocycles. The summed E-state index contributed by atoms with van der Waals surface area (Å²) in [5, 5.41) is 0. The SMILES string of the molecule is O=[SH](=O)c1cc(C(F)(F)F)ccc1C(F)(F)F. The topological polar surface area (TPSA) is 34.1 Å². The van der Waals surface area contributed by atoms with Gasteiger partial charge in [-0.25, -0.2) is 8.42 Å². The van der Waals surface area contributed by atoms with E-state index < -0.39 is 39.1 Å². The van der Waals surface area contributed by atoms with Gasteiger partial charge in [-0.15, -0.1) is 0 Å². The Morgan fingerprint density at radius 1 is 0.882 bits per heavy atom. The van der Waals surface area contributed by atoms with Crippen molar-refractivity contribution in [2.45, 2.75) is 17.2 Å². The van der Waals surface area contributed by atoms with Crippen LogP contribution in [0.15, 0.2) is 23.1 Å². The summed E-state index contributed by atoms with van der Waals surface area (Å²) in [6.07, 6.45) is -9.92. The van der Waals surface area contributed by atoms with Gasteiger partial charge in [-0.2, -0.15) is 26.3 Å². The van der Waals surface area contributed by atoms with E-state index in [9.17, 15) is 34.8 Å². The predicted octanol–water partition coefficient (Wildman–Crippen LogP) is 2.69. The number of benzene rings is 1. The average molecular weight is 278 g/mol. The van der Waals surface area contributed by atoms with Gasteiger partial charge in [0.05, 0.1) is 16.0 Å². The van der Waals surface area contributed by atoms with Crippen LogP contribution in [0.5, 0.6) is 0 Å². The van der Waals surface area contributed by atoms with Crippen molar-refractivity contribution in [2.75, 3.05) is 0 Å². The molecule has 0 amide bonds. The maximum Gasteiger partial charge on any atom is 0.417 e. The molecule has 0 bridgehead atoms. The van der Waals surface area contributed by atoms with Crippen LogP contribution in [0.25, 0.3) is 0 Å². The Morgan fingerprint density at radius 3 is 1.76 bits per heavy atom. The summed E-state index contributed by atoms with van der Waals surface area (Å²) in [7, 11) is -3.76. The summed E-state index contributed by atoms with van der Waals surface area (Å²) in [5.74, 6) is 0. The Bertz CT molecular complexity index is 492. The monoisotopic (exact) mass is 278 g/mol. The fourth-order valence-corrected chi connectivity index (χ4v) is 1.74. The number of hydrogen-bond acceptors (Lipinski definition) is 2. The lowest BCUT2D eigenvalue weighted by molar-refractivity contribution is -0.143. The van der Waals surface area contributed by atoms with Crippen LogP contribution in [0, 0.1) is 0 Å². The number of alkyl halides is 6. The Labute approximate surface area is 92.8 Å². The molecule has 0 unspecified atom stereocenters. The van der Waals surface area contributed by atoms with E-state index >= 15 is 0 Å². The first-order chi connectivity index (χ1) is 7.53. The van der Waals surface area contributed by atoms with Crippen LogP contribution in [0.1, 0.15) is 11.1 Å². The lowest BCUT2D eigenvalue weighted by Gasteiger charge is -2.12. The van der Waals surface area contributed by atoms with Crippen molar-refractivity contribution in [1.29, 1.82) is 0 Å². The number of rotatable bonds is 1. The van der Waals surface area contributed by atoms with E-state index in [0.29, 0.717) is 0 Å². The highest BCUT2D eigenvalue weighted by molar-refractivity contribution is 7.72. The summed E-state index contributed by atoms with van der Waals surface area (Å²) < 4.78 is 94.4. The quantitative estimate of drug-likeness (QED) is 0.633. The zero-order valence-electron chi connectivity index (χ0n) is 7.76. The Morgan fingerprint density at radius 2 is 1.41 bits per heavy atom. The Kier molecular flexibility index (Phi) is 3.42. The van der Waals surface area contributed by atoms with Gasteiger partial charge in [0.1, 0.15) is 0 Å². The van der Waals surface area contributed by atoms with Gasteiger partial charge in [0.2, 0.25) is 0 Å². The third kappa shape index (κ3) is 3.11. The maximum absolute atomic E-state index is 12.3. The first kappa shape index (κ1) is 13.8. The molecule has 0 aliphatic carbocycles. The van der Waals surface area contributed by atoms with E-state index in [4.69, 9.17) is 0 Å². The van der Waals surface area contributed by atoms with Crippen LogP contribution < -0.4 is 0 Å². The first-order valence-corrected chi connectivity index (χ1v) is 5.14. The molecule has 0 fully saturated rings. The third-order valence-corrected chi connectivity index (χ3v) is 2.59. The van der Waals surface area contributed by atoms with E-state index in [-0.39, 0.29) is 18.2 Å². The zero-order chi connectivity index (χ0) is 13.4. The minimum Gasteiger partial charge on any atom is -0.227 e. The van der Waals surface area contributed by atoms with Crippen LogP contribution in [0.3, 0.4) is 0 Å². The number of halogens is 6. The lowest BCUT2D eigenvalue weighted by Crippen LogP contribution is -2.12. The Balaban J connectivity index is 3.49. The molecule has 0 aromatic heterocycles. The molecule has 1 rings (SSSR count). The molecular weight excluding hydrogens is 274 g/mol. The smallest absolute Gasteiger partial charge is 0.227 e. The molecule has 1 aromatic rings. The molecule has 0 aliphatic heterocycles. The second-order valence-electron chi connectivity index (χ2n) is 2.98. The van der Waals surface area contributed by atoms with E-state index in [1.165, 1.54) is 0 Å². The van der Waals surface area contributed by atoms with Crippen LogP contribution in [0.4, 0.5) is 26.3 Å². The molecule has 17 heavy (non-hydrogen) atoms. The molecule has 2 nitrogen and oxygen atoms in total.